The van der Waals surface area contributed by atoms with Crippen LogP contribution in [0.5, 0.6) is 0 Å². The van der Waals surface area contributed by atoms with Gasteiger partial charge in [0.2, 0.25) is 0 Å². The molecular formula is C13H16F3N3O2S. The van der Waals surface area contributed by atoms with Gasteiger partial charge in [0.1, 0.15) is 0 Å². The van der Waals surface area contributed by atoms with Gasteiger partial charge in [0.25, 0.3) is 5.91 Å². The van der Waals surface area contributed by atoms with E-state index in [4.69, 9.17) is 17.0 Å². The molecule has 0 unspecified atom stereocenters. The quantitative estimate of drug-likeness (QED) is 0.435. The number of thiocarbonyl (C=S) groups is 1. The first kappa shape index (κ1) is 18.2. The Labute approximate surface area is 131 Å². The zero-order chi connectivity index (χ0) is 16.6. The van der Waals surface area contributed by atoms with E-state index in [1.807, 2.05) is 0 Å². The highest BCUT2D eigenvalue weighted by Gasteiger charge is 2.30. The molecule has 0 atom stereocenters. The molecule has 0 aliphatic carbocycles. The molecule has 0 aliphatic rings. The molecule has 1 amide bonds. The van der Waals surface area contributed by atoms with Gasteiger partial charge in [-0.1, -0.05) is 0 Å². The number of methoxy groups -OCH3 is 1. The topological polar surface area (TPSA) is 62.4 Å². The van der Waals surface area contributed by atoms with Gasteiger partial charge in [-0.3, -0.25) is 15.6 Å². The van der Waals surface area contributed by atoms with Crippen LogP contribution in [0.4, 0.5) is 13.2 Å². The second kappa shape index (κ2) is 8.54. The third-order valence-corrected chi connectivity index (χ3v) is 2.82. The minimum atomic E-state index is -4.43. The van der Waals surface area contributed by atoms with Crippen LogP contribution in [0.15, 0.2) is 24.3 Å². The van der Waals surface area contributed by atoms with Crippen molar-refractivity contribution in [3.05, 3.63) is 35.4 Å². The van der Waals surface area contributed by atoms with Crippen molar-refractivity contribution in [1.29, 1.82) is 0 Å². The van der Waals surface area contributed by atoms with Crippen LogP contribution in [0.2, 0.25) is 0 Å². The Morgan fingerprint density at radius 2 is 1.86 bits per heavy atom. The Hall–Kier alpha value is -1.87. The van der Waals surface area contributed by atoms with Crippen molar-refractivity contribution in [3.63, 3.8) is 0 Å². The maximum Gasteiger partial charge on any atom is 0.416 e. The van der Waals surface area contributed by atoms with Crippen LogP contribution >= 0.6 is 12.2 Å². The molecule has 0 radical (unpaired) electrons. The molecule has 22 heavy (non-hydrogen) atoms. The fraction of sp³-hybridized carbons (Fsp3) is 0.385. The lowest BCUT2D eigenvalue weighted by molar-refractivity contribution is -0.137. The average molecular weight is 335 g/mol. The number of halogens is 3. The van der Waals surface area contributed by atoms with Gasteiger partial charge < -0.3 is 10.1 Å². The Kier molecular flexibility index (Phi) is 7.06. The van der Waals surface area contributed by atoms with E-state index in [0.717, 1.165) is 30.7 Å². The molecule has 3 N–H and O–H groups in total. The summed E-state index contributed by atoms with van der Waals surface area (Å²) in [5, 5.41) is 3.04. The Bertz CT molecular complexity index is 506. The summed E-state index contributed by atoms with van der Waals surface area (Å²) in [6, 6.07) is 3.87. The number of carbonyl (C=O) groups excluding carboxylic acids is 1. The summed E-state index contributed by atoms with van der Waals surface area (Å²) in [6.07, 6.45) is -3.69. The van der Waals surface area contributed by atoms with E-state index in [1.165, 1.54) is 0 Å². The van der Waals surface area contributed by atoms with Gasteiger partial charge in [-0.15, -0.1) is 0 Å². The van der Waals surface area contributed by atoms with Crippen molar-refractivity contribution < 1.29 is 22.7 Å². The monoisotopic (exact) mass is 335 g/mol. The Balaban J connectivity index is 2.40. The molecular weight excluding hydrogens is 319 g/mol. The first-order chi connectivity index (χ1) is 10.3. The zero-order valence-electron chi connectivity index (χ0n) is 11.8. The van der Waals surface area contributed by atoms with Crippen molar-refractivity contribution in [3.8, 4) is 0 Å². The number of amides is 1. The summed E-state index contributed by atoms with van der Waals surface area (Å²) in [6.45, 7) is 1.14. The Morgan fingerprint density at radius 1 is 1.23 bits per heavy atom. The van der Waals surface area contributed by atoms with Gasteiger partial charge >= 0.3 is 6.18 Å². The van der Waals surface area contributed by atoms with Crippen LogP contribution in [-0.2, 0) is 10.9 Å². The van der Waals surface area contributed by atoms with Gasteiger partial charge in [0.15, 0.2) is 5.11 Å². The van der Waals surface area contributed by atoms with E-state index in [2.05, 4.69) is 16.2 Å². The van der Waals surface area contributed by atoms with Gasteiger partial charge in [-0.05, 0) is 42.9 Å². The van der Waals surface area contributed by atoms with E-state index in [0.29, 0.717) is 13.2 Å². The Morgan fingerprint density at radius 3 is 2.41 bits per heavy atom. The maximum absolute atomic E-state index is 12.4. The van der Waals surface area contributed by atoms with Crippen molar-refractivity contribution in [1.82, 2.24) is 16.2 Å². The number of hydrogen-bond donors (Lipinski definition) is 3. The van der Waals surface area contributed by atoms with Crippen molar-refractivity contribution in [2.45, 2.75) is 12.6 Å². The summed E-state index contributed by atoms with van der Waals surface area (Å²) in [5.74, 6) is -0.588. The van der Waals surface area contributed by atoms with Gasteiger partial charge in [-0.25, -0.2) is 0 Å². The SMILES string of the molecule is COCCCNC(=S)NNC(=O)c1ccc(C(F)(F)F)cc1. The minimum Gasteiger partial charge on any atom is -0.385 e. The third kappa shape index (κ3) is 6.27. The molecule has 1 aromatic rings. The van der Waals surface area contributed by atoms with Crippen LogP contribution in [0.1, 0.15) is 22.3 Å². The predicted octanol–water partition coefficient (Wildman–Crippen LogP) is 1.85. The number of rotatable bonds is 5. The number of carbonyl (C=O) groups is 1. The summed E-state index contributed by atoms with van der Waals surface area (Å²) < 4.78 is 42.1. The van der Waals surface area contributed by atoms with Gasteiger partial charge in [0.05, 0.1) is 5.56 Å². The average Bonchev–Trinajstić information content (AvgIpc) is 2.48. The van der Waals surface area contributed by atoms with Crippen LogP contribution in [0, 0.1) is 0 Å². The highest BCUT2D eigenvalue weighted by molar-refractivity contribution is 7.80. The zero-order valence-corrected chi connectivity index (χ0v) is 12.6. The molecule has 1 rings (SSSR count). The molecule has 0 saturated heterocycles. The summed E-state index contributed by atoms with van der Waals surface area (Å²) >= 11 is 4.92. The van der Waals surface area contributed by atoms with E-state index < -0.39 is 17.6 Å². The second-order valence-electron chi connectivity index (χ2n) is 4.26. The molecule has 9 heteroatoms. The van der Waals surface area contributed by atoms with Crippen LogP contribution < -0.4 is 16.2 Å². The number of hydrazine groups is 1. The second-order valence-corrected chi connectivity index (χ2v) is 4.66. The van der Waals surface area contributed by atoms with E-state index in [9.17, 15) is 18.0 Å². The minimum absolute atomic E-state index is 0.0858. The summed E-state index contributed by atoms with van der Waals surface area (Å²) in [5.41, 5.74) is 4.03. The fourth-order valence-corrected chi connectivity index (χ4v) is 1.61. The smallest absolute Gasteiger partial charge is 0.385 e. The molecule has 0 aromatic heterocycles. The van der Waals surface area contributed by atoms with E-state index in [1.54, 1.807) is 7.11 Å². The number of alkyl halides is 3. The molecule has 0 spiro atoms. The predicted molar refractivity (Wildman–Crippen MR) is 79.1 cm³/mol. The molecule has 0 fully saturated rings. The number of nitrogens with one attached hydrogen (secondary N) is 3. The first-order valence-corrected chi connectivity index (χ1v) is 6.76. The third-order valence-electron chi connectivity index (χ3n) is 2.57. The molecule has 0 bridgehead atoms. The summed E-state index contributed by atoms with van der Waals surface area (Å²) in [7, 11) is 1.58. The molecule has 5 nitrogen and oxygen atoms in total. The van der Waals surface area contributed by atoms with Crippen LogP contribution in [-0.4, -0.2) is 31.3 Å². The maximum atomic E-state index is 12.4. The lowest BCUT2D eigenvalue weighted by Crippen LogP contribution is -2.47. The van der Waals surface area contributed by atoms with Crippen molar-refractivity contribution >= 4 is 23.2 Å². The molecule has 0 heterocycles. The van der Waals surface area contributed by atoms with Crippen molar-refractivity contribution in [2.24, 2.45) is 0 Å². The molecule has 0 aliphatic heterocycles. The standard InChI is InChI=1S/C13H16F3N3O2S/c1-21-8-2-7-17-12(22)19-18-11(20)9-3-5-10(6-4-9)13(14,15)16/h3-6H,2,7-8H2,1H3,(H,18,20)(H2,17,19,22). The summed E-state index contributed by atoms with van der Waals surface area (Å²) in [4.78, 5) is 11.7. The first-order valence-electron chi connectivity index (χ1n) is 6.35. The van der Waals surface area contributed by atoms with E-state index in [-0.39, 0.29) is 10.7 Å². The highest BCUT2D eigenvalue weighted by Crippen LogP contribution is 2.28. The van der Waals surface area contributed by atoms with Crippen LogP contribution in [0.25, 0.3) is 0 Å². The number of hydrogen-bond acceptors (Lipinski definition) is 3. The van der Waals surface area contributed by atoms with Crippen molar-refractivity contribution in [2.75, 3.05) is 20.3 Å². The van der Waals surface area contributed by atoms with Gasteiger partial charge in [0, 0.05) is 25.8 Å². The lowest BCUT2D eigenvalue weighted by Gasteiger charge is -2.12. The molecule has 0 saturated carbocycles. The largest absolute Gasteiger partial charge is 0.416 e. The van der Waals surface area contributed by atoms with Gasteiger partial charge in [-0.2, -0.15) is 13.2 Å². The van der Waals surface area contributed by atoms with E-state index >= 15 is 0 Å². The number of ether oxygens (including phenoxy) is 1. The fourth-order valence-electron chi connectivity index (χ4n) is 1.46. The normalized spacial score (nSPS) is 10.9. The lowest BCUT2D eigenvalue weighted by atomic mass is 10.1. The highest BCUT2D eigenvalue weighted by atomic mass is 32.1. The number of benzene rings is 1. The van der Waals surface area contributed by atoms with Crippen LogP contribution in [0.3, 0.4) is 0 Å². The molecule has 1 aromatic carbocycles. The molecule has 122 valence electrons.